The van der Waals surface area contributed by atoms with Crippen LogP contribution in [0.1, 0.15) is 361 Å². The third-order valence-corrected chi connectivity index (χ3v) is 21.8. The first-order valence-corrected chi connectivity index (χ1v) is 44.0. The van der Waals surface area contributed by atoms with E-state index in [1.807, 2.05) is 6.08 Å². The lowest BCUT2D eigenvalue weighted by atomic mass is 9.96. The van der Waals surface area contributed by atoms with Crippen LogP contribution in [0.15, 0.2) is 60.8 Å². The number of carbonyl (C=O) groups is 1. The van der Waals surface area contributed by atoms with E-state index in [2.05, 4.69) is 67.8 Å². The molecule has 3 heterocycles. The van der Waals surface area contributed by atoms with Gasteiger partial charge in [-0.2, -0.15) is 0 Å². The Hall–Kier alpha value is -2.51. The summed E-state index contributed by atoms with van der Waals surface area (Å²) in [6.07, 6.45) is 62.3. The standard InChI is InChI=1S/C88H161NO18/c1-3-5-7-9-11-13-15-17-19-21-23-25-27-29-31-33-34-35-36-38-40-42-44-46-48-50-52-54-56-58-60-62-64-66-76(94)89-71(72(93)65-63-61-59-57-55-53-51-49-47-45-43-41-39-37-32-30-28-26-24-22-20-18-16-14-12-10-8-6-4-2)70-102-86-82(100)79(97)84(74(68-91)104-86)107-88-83(101)80(98)85(75(69-92)105-88)106-87-81(99)78(96)77(95)73(67-90)103-87/h15,17,21,23,47,49,55,57,63,65,71-75,77-88,90-93,95-101H,3-14,16,18-20,22,24-46,48,50-54,56,58-62,64,66-70H2,1-2H3,(H,89,94)/b17-15-,23-21-,49-47+,57-55+,65-63+. The molecular formula is C88H161NO18. The average Bonchev–Trinajstić information content (AvgIpc) is 0.782. The quantitative estimate of drug-likeness (QED) is 0.0199. The first-order chi connectivity index (χ1) is 52.3. The molecule has 3 rings (SSSR count). The highest BCUT2D eigenvalue weighted by Crippen LogP contribution is 2.33. The summed E-state index contributed by atoms with van der Waals surface area (Å²) in [5.41, 5.74) is 0. The van der Waals surface area contributed by atoms with E-state index in [0.29, 0.717) is 12.8 Å². The van der Waals surface area contributed by atoms with Crippen LogP contribution in [0.2, 0.25) is 0 Å². The predicted octanol–water partition coefficient (Wildman–Crippen LogP) is 16.2. The van der Waals surface area contributed by atoms with E-state index in [-0.39, 0.29) is 18.9 Å². The fourth-order valence-electron chi connectivity index (χ4n) is 14.7. The molecule has 0 saturated carbocycles. The molecule has 0 aromatic carbocycles. The number of carbonyl (C=O) groups excluding carboxylic acids is 1. The Morgan fingerprint density at radius 3 is 0.991 bits per heavy atom. The van der Waals surface area contributed by atoms with Gasteiger partial charge in [0.15, 0.2) is 18.9 Å². The van der Waals surface area contributed by atoms with Gasteiger partial charge in [-0.15, -0.1) is 0 Å². The van der Waals surface area contributed by atoms with Crippen molar-refractivity contribution in [1.82, 2.24) is 5.32 Å². The summed E-state index contributed by atoms with van der Waals surface area (Å²) in [4.78, 5) is 13.5. The molecule has 0 aromatic heterocycles. The van der Waals surface area contributed by atoms with Gasteiger partial charge >= 0.3 is 0 Å². The van der Waals surface area contributed by atoms with Crippen LogP contribution in [0.4, 0.5) is 0 Å². The number of unbranched alkanes of at least 4 members (excludes halogenated alkanes) is 47. The van der Waals surface area contributed by atoms with Crippen LogP contribution in [0, 0.1) is 0 Å². The van der Waals surface area contributed by atoms with Gasteiger partial charge in [0, 0.05) is 6.42 Å². The number of rotatable bonds is 71. The molecule has 3 fully saturated rings. The molecule has 107 heavy (non-hydrogen) atoms. The monoisotopic (exact) mass is 1520 g/mol. The van der Waals surface area contributed by atoms with Crippen molar-refractivity contribution >= 4 is 5.91 Å². The van der Waals surface area contributed by atoms with Gasteiger partial charge in [0.2, 0.25) is 5.91 Å². The van der Waals surface area contributed by atoms with Crippen molar-refractivity contribution in [2.45, 2.75) is 465 Å². The predicted molar refractivity (Wildman–Crippen MR) is 429 cm³/mol. The highest BCUT2D eigenvalue weighted by atomic mass is 16.8. The van der Waals surface area contributed by atoms with Gasteiger partial charge in [-0.25, -0.2) is 0 Å². The third kappa shape index (κ3) is 47.1. The molecule has 0 aliphatic carbocycles. The normalized spacial score (nSPS) is 25.8. The van der Waals surface area contributed by atoms with Crippen molar-refractivity contribution in [3.05, 3.63) is 60.8 Å². The number of ether oxygens (including phenoxy) is 6. The Labute approximate surface area is 649 Å². The summed E-state index contributed by atoms with van der Waals surface area (Å²) in [7, 11) is 0. The van der Waals surface area contributed by atoms with E-state index in [9.17, 15) is 61.0 Å². The second-order valence-electron chi connectivity index (χ2n) is 31.3. The second kappa shape index (κ2) is 67.9. The average molecular weight is 1520 g/mol. The molecule has 3 saturated heterocycles. The van der Waals surface area contributed by atoms with Gasteiger partial charge < -0.3 is 89.9 Å². The van der Waals surface area contributed by atoms with Crippen LogP contribution in [-0.2, 0) is 33.2 Å². The number of amides is 1. The Bertz CT molecular complexity index is 2160. The molecule has 626 valence electrons. The molecular weight excluding hydrogens is 1360 g/mol. The van der Waals surface area contributed by atoms with Crippen molar-refractivity contribution in [1.29, 1.82) is 0 Å². The summed E-state index contributed by atoms with van der Waals surface area (Å²) in [5.74, 6) is -0.284. The van der Waals surface area contributed by atoms with Crippen LogP contribution in [0.5, 0.6) is 0 Å². The molecule has 0 bridgehead atoms. The molecule has 0 radical (unpaired) electrons. The van der Waals surface area contributed by atoms with E-state index in [1.54, 1.807) is 6.08 Å². The van der Waals surface area contributed by atoms with Gasteiger partial charge in [-0.1, -0.05) is 338 Å². The maximum atomic E-state index is 13.5. The zero-order chi connectivity index (χ0) is 77.4. The Morgan fingerprint density at radius 2 is 0.626 bits per heavy atom. The summed E-state index contributed by atoms with van der Waals surface area (Å²) in [5, 5.41) is 121. The van der Waals surface area contributed by atoms with Crippen LogP contribution in [-0.4, -0.2) is 193 Å². The fraction of sp³-hybridized carbons (Fsp3) is 0.875. The molecule has 0 spiro atoms. The molecule has 17 atom stereocenters. The first-order valence-electron chi connectivity index (χ1n) is 44.0. The lowest BCUT2D eigenvalue weighted by molar-refractivity contribution is -0.379. The second-order valence-corrected chi connectivity index (χ2v) is 31.3. The molecule has 19 heteroatoms. The molecule has 1 amide bonds. The summed E-state index contributed by atoms with van der Waals surface area (Å²) in [6, 6.07) is -0.999. The Kier molecular flexibility index (Phi) is 62.7. The smallest absolute Gasteiger partial charge is 0.220 e. The lowest BCUT2D eigenvalue weighted by Crippen LogP contribution is -2.66. The number of nitrogens with one attached hydrogen (secondary N) is 1. The van der Waals surface area contributed by atoms with Gasteiger partial charge in [0.05, 0.1) is 38.6 Å². The molecule has 19 nitrogen and oxygen atoms in total. The van der Waals surface area contributed by atoms with E-state index in [1.165, 1.54) is 276 Å². The van der Waals surface area contributed by atoms with Gasteiger partial charge in [0.1, 0.15) is 73.2 Å². The minimum absolute atomic E-state index is 0.234. The van der Waals surface area contributed by atoms with Crippen molar-refractivity contribution < 1.29 is 89.4 Å². The highest BCUT2D eigenvalue weighted by molar-refractivity contribution is 5.76. The van der Waals surface area contributed by atoms with Crippen molar-refractivity contribution in [2.24, 2.45) is 0 Å². The first kappa shape index (κ1) is 98.7. The highest BCUT2D eigenvalue weighted by Gasteiger charge is 2.54. The summed E-state index contributed by atoms with van der Waals surface area (Å²) >= 11 is 0. The molecule has 0 aromatic rings. The number of aliphatic hydroxyl groups excluding tert-OH is 11. The molecule has 3 aliphatic rings. The van der Waals surface area contributed by atoms with E-state index in [4.69, 9.17) is 28.4 Å². The van der Waals surface area contributed by atoms with Crippen LogP contribution >= 0.6 is 0 Å². The van der Waals surface area contributed by atoms with E-state index >= 15 is 0 Å². The minimum atomic E-state index is -1.98. The van der Waals surface area contributed by atoms with E-state index < -0.39 is 124 Å². The fourth-order valence-corrected chi connectivity index (χ4v) is 14.7. The Balaban J connectivity index is 1.35. The van der Waals surface area contributed by atoms with Crippen LogP contribution in [0.25, 0.3) is 0 Å². The molecule has 12 N–H and O–H groups in total. The van der Waals surface area contributed by atoms with Gasteiger partial charge in [-0.3, -0.25) is 4.79 Å². The number of aliphatic hydroxyl groups is 11. The summed E-state index contributed by atoms with van der Waals surface area (Å²) in [6.45, 7) is 1.75. The summed E-state index contributed by atoms with van der Waals surface area (Å²) < 4.78 is 34.5. The van der Waals surface area contributed by atoms with Gasteiger partial charge in [0.25, 0.3) is 0 Å². The lowest BCUT2D eigenvalue weighted by Gasteiger charge is -2.48. The van der Waals surface area contributed by atoms with Gasteiger partial charge in [-0.05, 0) is 77.0 Å². The zero-order valence-electron chi connectivity index (χ0n) is 67.4. The molecule has 3 aliphatic heterocycles. The maximum Gasteiger partial charge on any atom is 0.220 e. The minimum Gasteiger partial charge on any atom is -0.394 e. The Morgan fingerprint density at radius 1 is 0.336 bits per heavy atom. The zero-order valence-corrected chi connectivity index (χ0v) is 67.4. The van der Waals surface area contributed by atoms with Crippen LogP contribution in [0.3, 0.4) is 0 Å². The number of hydrogen-bond acceptors (Lipinski definition) is 18. The third-order valence-electron chi connectivity index (χ3n) is 21.8. The van der Waals surface area contributed by atoms with E-state index in [0.717, 1.165) is 51.4 Å². The van der Waals surface area contributed by atoms with Crippen molar-refractivity contribution in [3.8, 4) is 0 Å². The SMILES string of the molecule is CCCCCCC/C=C\C/C=C\CCCCCCCCCCCCCCCCCCCCCCCC(=O)NC(COC1OC(CO)C(OC2OC(CO)C(OC3OC(CO)C(O)C(O)C3O)C(O)C2O)C(O)C1O)C(O)/C=C/CC/C=C/CC/C=C/CCCCCCCCCCCCCCCCCCCCC. The topological polar surface area (TPSA) is 307 Å². The van der Waals surface area contributed by atoms with Crippen molar-refractivity contribution in [3.63, 3.8) is 0 Å². The largest absolute Gasteiger partial charge is 0.394 e. The molecule has 17 unspecified atom stereocenters. The van der Waals surface area contributed by atoms with Crippen LogP contribution < -0.4 is 5.32 Å². The number of allylic oxidation sites excluding steroid dienone is 9. The number of hydrogen-bond donors (Lipinski definition) is 12. The maximum absolute atomic E-state index is 13.5. The van der Waals surface area contributed by atoms with Crippen molar-refractivity contribution in [2.75, 3.05) is 26.4 Å².